The zero-order valence-corrected chi connectivity index (χ0v) is 22.0. The predicted molar refractivity (Wildman–Crippen MR) is 140 cm³/mol. The van der Waals surface area contributed by atoms with Gasteiger partial charge >= 0.3 is 0 Å². The van der Waals surface area contributed by atoms with Crippen LogP contribution in [-0.4, -0.2) is 48.9 Å². The number of halogens is 1. The summed E-state index contributed by atoms with van der Waals surface area (Å²) in [6, 6.07) is 10.2. The maximum absolute atomic E-state index is 12.8. The van der Waals surface area contributed by atoms with Gasteiger partial charge in [0.2, 0.25) is 5.91 Å². The fourth-order valence-electron chi connectivity index (χ4n) is 4.02. The third-order valence-electron chi connectivity index (χ3n) is 5.65. The Kier molecular flexibility index (Phi) is 9.74. The molecule has 6 nitrogen and oxygen atoms in total. The SMILES string of the molecule is CCNC(=NCc1sc(-c2ccccc2)nc1C)NCC1(C(=O)N(C)C)CCCC1.I. The summed E-state index contributed by atoms with van der Waals surface area (Å²) in [7, 11) is 3.69. The summed E-state index contributed by atoms with van der Waals surface area (Å²) in [5.74, 6) is 0.971. The van der Waals surface area contributed by atoms with Crippen LogP contribution in [0.2, 0.25) is 0 Å². The van der Waals surface area contributed by atoms with E-state index in [2.05, 4.69) is 29.7 Å². The largest absolute Gasteiger partial charge is 0.357 e. The molecule has 0 aliphatic heterocycles. The van der Waals surface area contributed by atoms with Crippen molar-refractivity contribution in [2.45, 2.75) is 46.1 Å². The van der Waals surface area contributed by atoms with Gasteiger partial charge in [0.25, 0.3) is 0 Å². The van der Waals surface area contributed by atoms with Crippen LogP contribution in [-0.2, 0) is 11.3 Å². The van der Waals surface area contributed by atoms with Crippen LogP contribution in [0.4, 0.5) is 0 Å². The summed E-state index contributed by atoms with van der Waals surface area (Å²) >= 11 is 1.69. The fraction of sp³-hybridized carbons (Fsp3) is 0.522. The third kappa shape index (κ3) is 6.41. The van der Waals surface area contributed by atoms with Crippen molar-refractivity contribution < 1.29 is 4.79 Å². The number of hydrogen-bond donors (Lipinski definition) is 2. The van der Waals surface area contributed by atoms with Crippen molar-refractivity contribution >= 4 is 47.2 Å². The van der Waals surface area contributed by atoms with Crippen LogP contribution in [0.25, 0.3) is 10.6 Å². The highest BCUT2D eigenvalue weighted by molar-refractivity contribution is 14.0. The second-order valence-electron chi connectivity index (χ2n) is 8.13. The molecule has 3 rings (SSSR count). The fourth-order valence-corrected chi connectivity index (χ4v) is 5.01. The summed E-state index contributed by atoms with van der Waals surface area (Å²) in [6.07, 6.45) is 4.09. The molecular weight excluding hydrogens is 521 g/mol. The van der Waals surface area contributed by atoms with Crippen molar-refractivity contribution in [2.75, 3.05) is 27.2 Å². The van der Waals surface area contributed by atoms with E-state index >= 15 is 0 Å². The van der Waals surface area contributed by atoms with Gasteiger partial charge in [0, 0.05) is 37.6 Å². The Morgan fingerprint density at radius 2 is 1.87 bits per heavy atom. The number of rotatable bonds is 7. The van der Waals surface area contributed by atoms with Gasteiger partial charge in [-0.2, -0.15) is 0 Å². The number of hydrogen-bond acceptors (Lipinski definition) is 4. The molecule has 0 saturated heterocycles. The highest BCUT2D eigenvalue weighted by Gasteiger charge is 2.42. The first-order valence-electron chi connectivity index (χ1n) is 10.7. The third-order valence-corrected chi connectivity index (χ3v) is 6.84. The van der Waals surface area contributed by atoms with Crippen LogP contribution in [0, 0.1) is 12.3 Å². The molecule has 2 aromatic rings. The monoisotopic (exact) mass is 555 g/mol. The second kappa shape index (κ2) is 11.8. The normalized spacial score (nSPS) is 15.3. The summed E-state index contributed by atoms with van der Waals surface area (Å²) in [4.78, 5) is 25.2. The van der Waals surface area contributed by atoms with Gasteiger partial charge in [-0.05, 0) is 26.7 Å². The van der Waals surface area contributed by atoms with E-state index < -0.39 is 0 Å². The Bertz CT molecular complexity index is 875. The van der Waals surface area contributed by atoms with Gasteiger partial charge in [-0.25, -0.2) is 9.98 Å². The van der Waals surface area contributed by atoms with Crippen LogP contribution < -0.4 is 10.6 Å². The molecule has 1 aromatic carbocycles. The molecule has 170 valence electrons. The Labute approximate surface area is 207 Å². The van der Waals surface area contributed by atoms with Crippen molar-refractivity contribution in [3.63, 3.8) is 0 Å². The lowest BCUT2D eigenvalue weighted by Gasteiger charge is -2.31. The molecule has 0 radical (unpaired) electrons. The lowest BCUT2D eigenvalue weighted by atomic mass is 9.84. The summed E-state index contributed by atoms with van der Waals surface area (Å²) in [5, 5.41) is 7.79. The number of aromatic nitrogens is 1. The standard InChI is InChI=1S/C23H33N5OS.HI/c1-5-24-22(26-16-23(13-9-10-14-23)21(29)28(3)4)25-15-19-17(2)27-20(30-19)18-11-7-6-8-12-18;/h6-8,11-12H,5,9-10,13-16H2,1-4H3,(H2,24,25,26);1H. The molecule has 1 fully saturated rings. The molecule has 1 amide bonds. The Morgan fingerprint density at radius 3 is 2.48 bits per heavy atom. The van der Waals surface area contributed by atoms with E-state index in [-0.39, 0.29) is 35.3 Å². The topological polar surface area (TPSA) is 69.6 Å². The maximum atomic E-state index is 12.8. The first-order valence-corrected chi connectivity index (χ1v) is 11.5. The zero-order valence-electron chi connectivity index (χ0n) is 18.9. The molecule has 8 heteroatoms. The molecule has 0 atom stereocenters. The van der Waals surface area contributed by atoms with Crippen LogP contribution in [0.15, 0.2) is 35.3 Å². The van der Waals surface area contributed by atoms with Gasteiger partial charge < -0.3 is 15.5 Å². The maximum Gasteiger partial charge on any atom is 0.230 e. The average molecular weight is 556 g/mol. The minimum Gasteiger partial charge on any atom is -0.357 e. The molecule has 2 N–H and O–H groups in total. The van der Waals surface area contributed by atoms with Crippen molar-refractivity contribution in [1.29, 1.82) is 0 Å². The number of nitrogens with one attached hydrogen (secondary N) is 2. The van der Waals surface area contributed by atoms with Gasteiger partial charge in [-0.15, -0.1) is 35.3 Å². The second-order valence-corrected chi connectivity index (χ2v) is 9.21. The molecule has 1 saturated carbocycles. The molecule has 0 spiro atoms. The minimum absolute atomic E-state index is 0. The number of carbonyl (C=O) groups excluding carboxylic acids is 1. The molecule has 31 heavy (non-hydrogen) atoms. The van der Waals surface area contributed by atoms with Gasteiger partial charge in [-0.3, -0.25) is 4.79 Å². The van der Waals surface area contributed by atoms with Gasteiger partial charge in [0.05, 0.1) is 17.7 Å². The Morgan fingerprint density at radius 1 is 1.19 bits per heavy atom. The summed E-state index contributed by atoms with van der Waals surface area (Å²) in [5.41, 5.74) is 1.84. The smallest absolute Gasteiger partial charge is 0.230 e. The number of benzene rings is 1. The van der Waals surface area contributed by atoms with E-state index in [9.17, 15) is 4.79 Å². The summed E-state index contributed by atoms with van der Waals surface area (Å²) in [6.45, 7) is 6.06. The number of amides is 1. The number of carbonyl (C=O) groups is 1. The molecule has 0 bridgehead atoms. The molecule has 0 unspecified atom stereocenters. The van der Waals surface area contributed by atoms with Crippen LogP contribution >= 0.6 is 35.3 Å². The van der Waals surface area contributed by atoms with Crippen LogP contribution in [0.5, 0.6) is 0 Å². The van der Waals surface area contributed by atoms with E-state index in [4.69, 9.17) is 9.98 Å². The first-order chi connectivity index (χ1) is 14.4. The average Bonchev–Trinajstić information content (AvgIpc) is 3.37. The van der Waals surface area contributed by atoms with Crippen LogP contribution in [0.3, 0.4) is 0 Å². The molecule has 1 aromatic heterocycles. The van der Waals surface area contributed by atoms with E-state index in [1.54, 1.807) is 16.2 Å². The van der Waals surface area contributed by atoms with Crippen molar-refractivity contribution in [1.82, 2.24) is 20.5 Å². The number of guanidine groups is 1. The number of aryl methyl sites for hydroxylation is 1. The highest BCUT2D eigenvalue weighted by atomic mass is 127. The lowest BCUT2D eigenvalue weighted by molar-refractivity contribution is -0.138. The number of nitrogens with zero attached hydrogens (tertiary/aromatic N) is 3. The van der Waals surface area contributed by atoms with Crippen molar-refractivity contribution in [2.24, 2.45) is 10.4 Å². The summed E-state index contributed by atoms with van der Waals surface area (Å²) < 4.78 is 0. The van der Waals surface area contributed by atoms with E-state index in [0.717, 1.165) is 59.3 Å². The van der Waals surface area contributed by atoms with Gasteiger partial charge in [0.1, 0.15) is 5.01 Å². The lowest BCUT2D eigenvalue weighted by Crippen LogP contribution is -2.49. The molecular formula is C23H34IN5OS. The van der Waals surface area contributed by atoms with Crippen molar-refractivity contribution in [3.8, 4) is 10.6 Å². The molecule has 1 aliphatic rings. The predicted octanol–water partition coefficient (Wildman–Crippen LogP) is 4.44. The van der Waals surface area contributed by atoms with Gasteiger partial charge in [0.15, 0.2) is 5.96 Å². The van der Waals surface area contributed by atoms with Gasteiger partial charge in [-0.1, -0.05) is 43.2 Å². The highest BCUT2D eigenvalue weighted by Crippen LogP contribution is 2.39. The first kappa shape index (κ1) is 25.6. The minimum atomic E-state index is -0.319. The molecule has 1 heterocycles. The van der Waals surface area contributed by atoms with E-state index in [0.29, 0.717) is 13.1 Å². The van der Waals surface area contributed by atoms with Crippen molar-refractivity contribution in [3.05, 3.63) is 40.9 Å². The van der Waals surface area contributed by atoms with Crippen LogP contribution in [0.1, 0.15) is 43.2 Å². The Hall–Kier alpha value is -1.68. The Balaban J connectivity index is 0.00000341. The zero-order chi connectivity index (χ0) is 21.6. The quantitative estimate of drug-likeness (QED) is 0.301. The molecule has 1 aliphatic carbocycles. The number of aliphatic imine (C=N–C) groups is 1. The van der Waals surface area contributed by atoms with E-state index in [1.165, 1.54) is 0 Å². The van der Waals surface area contributed by atoms with E-state index in [1.807, 2.05) is 39.2 Å². The number of thiazole rings is 1.